The van der Waals surface area contributed by atoms with Gasteiger partial charge < -0.3 is 9.84 Å². The molecule has 0 spiro atoms. The van der Waals surface area contributed by atoms with Crippen LogP contribution in [-0.2, 0) is 4.74 Å². The number of pyridine rings is 1. The first-order chi connectivity index (χ1) is 9.53. The lowest BCUT2D eigenvalue weighted by molar-refractivity contribution is 0.0521. The molecule has 7 nitrogen and oxygen atoms in total. The summed E-state index contributed by atoms with van der Waals surface area (Å²) in [5.74, 6) is -1.35. The summed E-state index contributed by atoms with van der Waals surface area (Å²) in [6.45, 7) is 8.71. The molecule has 0 atom stereocenters. The molecule has 1 N–H and O–H groups in total. The maximum Gasteiger partial charge on any atom is 0.429 e. The van der Waals surface area contributed by atoms with Crippen LogP contribution in [0.25, 0.3) is 0 Å². The van der Waals surface area contributed by atoms with Crippen LogP contribution in [0.2, 0.25) is 0 Å². The number of aromatic carboxylic acids is 1. The molecular formula is C14H20N2O5. The number of hydrogen-bond acceptors (Lipinski definition) is 4. The number of nitrogens with zero attached hydrogens (tertiary/aromatic N) is 2. The summed E-state index contributed by atoms with van der Waals surface area (Å²) in [7, 11) is 0. The van der Waals surface area contributed by atoms with Gasteiger partial charge in [0.1, 0.15) is 11.2 Å². The zero-order valence-electron chi connectivity index (χ0n) is 12.8. The average Bonchev–Trinajstić information content (AvgIpc) is 2.28. The Labute approximate surface area is 122 Å². The first kappa shape index (κ1) is 16.7. The predicted molar refractivity (Wildman–Crippen MR) is 77.2 cm³/mol. The molecule has 116 valence electrons. The first-order valence-corrected chi connectivity index (χ1v) is 6.51. The summed E-state index contributed by atoms with van der Waals surface area (Å²) in [5, 5.41) is 10.2. The predicted octanol–water partition coefficient (Wildman–Crippen LogP) is 1.83. The first-order valence-electron chi connectivity index (χ1n) is 6.51. The Balaban J connectivity index is 3.24. The van der Waals surface area contributed by atoms with E-state index in [9.17, 15) is 14.4 Å². The quantitative estimate of drug-likeness (QED) is 0.919. The number of aromatic nitrogens is 1. The highest BCUT2D eigenvalue weighted by Crippen LogP contribution is 2.11. The molecule has 0 bridgehead atoms. The number of rotatable bonds is 3. The highest BCUT2D eigenvalue weighted by Gasteiger charge is 2.26. The van der Waals surface area contributed by atoms with Crippen molar-refractivity contribution < 1.29 is 19.4 Å². The number of carbonyl (C=O) groups is 2. The van der Waals surface area contributed by atoms with E-state index in [1.807, 2.05) is 0 Å². The second-order valence-electron chi connectivity index (χ2n) is 5.83. The Bertz CT molecular complexity index is 598. The van der Waals surface area contributed by atoms with Crippen molar-refractivity contribution in [1.29, 1.82) is 0 Å². The number of carbonyl (C=O) groups excluding carboxylic acids is 1. The van der Waals surface area contributed by atoms with Gasteiger partial charge >= 0.3 is 12.1 Å². The van der Waals surface area contributed by atoms with Gasteiger partial charge in [-0.25, -0.2) is 14.6 Å². The fraction of sp³-hybridized carbons (Fsp3) is 0.500. The van der Waals surface area contributed by atoms with E-state index in [4.69, 9.17) is 9.84 Å². The Morgan fingerprint density at radius 3 is 2.33 bits per heavy atom. The number of ether oxygens (including phenoxy) is 1. The molecule has 1 amide bonds. The molecule has 21 heavy (non-hydrogen) atoms. The Morgan fingerprint density at radius 1 is 1.33 bits per heavy atom. The van der Waals surface area contributed by atoms with Crippen molar-refractivity contribution >= 4 is 12.1 Å². The van der Waals surface area contributed by atoms with Crippen molar-refractivity contribution in [3.8, 4) is 0 Å². The van der Waals surface area contributed by atoms with E-state index in [1.54, 1.807) is 34.6 Å². The van der Waals surface area contributed by atoms with Crippen LogP contribution in [0.15, 0.2) is 23.3 Å². The normalized spacial score (nSPS) is 11.3. The average molecular weight is 296 g/mol. The Hall–Kier alpha value is -2.31. The van der Waals surface area contributed by atoms with Gasteiger partial charge in [0.25, 0.3) is 0 Å². The molecule has 0 radical (unpaired) electrons. The van der Waals surface area contributed by atoms with Gasteiger partial charge in [0.15, 0.2) is 5.43 Å². The number of amides is 1. The second kappa shape index (κ2) is 5.99. The van der Waals surface area contributed by atoms with Crippen LogP contribution in [-0.4, -0.2) is 33.5 Å². The minimum absolute atomic E-state index is 0.288. The molecule has 0 saturated carbocycles. The second-order valence-corrected chi connectivity index (χ2v) is 5.83. The Kier molecular flexibility index (Phi) is 4.77. The smallest absolute Gasteiger partial charge is 0.429 e. The third-order valence-corrected chi connectivity index (χ3v) is 2.45. The molecule has 1 aromatic heterocycles. The van der Waals surface area contributed by atoms with Crippen LogP contribution in [0.4, 0.5) is 4.79 Å². The molecule has 7 heteroatoms. The van der Waals surface area contributed by atoms with Gasteiger partial charge in [-0.15, -0.1) is 0 Å². The summed E-state index contributed by atoms with van der Waals surface area (Å²) >= 11 is 0. The highest BCUT2D eigenvalue weighted by molar-refractivity contribution is 5.87. The summed E-state index contributed by atoms with van der Waals surface area (Å²) in [6, 6.07) is 0.812. The van der Waals surface area contributed by atoms with Crippen molar-refractivity contribution in [2.45, 2.75) is 46.3 Å². The SMILES string of the molecule is CC(C)N(C(=O)OC(C)(C)C)n1ccc(=O)c(C(=O)O)c1. The summed E-state index contributed by atoms with van der Waals surface area (Å²) < 4.78 is 6.54. The molecule has 1 rings (SSSR count). The molecule has 0 aromatic carbocycles. The van der Waals surface area contributed by atoms with Crippen LogP contribution in [0.5, 0.6) is 0 Å². The van der Waals surface area contributed by atoms with Crippen LogP contribution < -0.4 is 10.4 Å². The van der Waals surface area contributed by atoms with Gasteiger partial charge in [-0.05, 0) is 34.6 Å². The van der Waals surface area contributed by atoms with E-state index in [0.29, 0.717) is 0 Å². The topological polar surface area (TPSA) is 88.8 Å². The number of hydrogen-bond donors (Lipinski definition) is 1. The lowest BCUT2D eigenvalue weighted by Gasteiger charge is -2.31. The fourth-order valence-corrected chi connectivity index (χ4v) is 1.65. The minimum Gasteiger partial charge on any atom is -0.477 e. The highest BCUT2D eigenvalue weighted by atomic mass is 16.6. The monoisotopic (exact) mass is 296 g/mol. The molecule has 1 aromatic rings. The zero-order chi connectivity index (χ0) is 16.4. The number of carboxylic acids is 1. The van der Waals surface area contributed by atoms with E-state index in [-0.39, 0.29) is 6.04 Å². The third kappa shape index (κ3) is 4.34. The molecule has 0 aliphatic heterocycles. The summed E-state index contributed by atoms with van der Waals surface area (Å²) in [5.41, 5.74) is -1.71. The fourth-order valence-electron chi connectivity index (χ4n) is 1.65. The van der Waals surface area contributed by atoms with Crippen LogP contribution >= 0.6 is 0 Å². The Morgan fingerprint density at radius 2 is 1.90 bits per heavy atom. The van der Waals surface area contributed by atoms with E-state index in [1.165, 1.54) is 15.9 Å². The van der Waals surface area contributed by atoms with E-state index in [0.717, 1.165) is 12.3 Å². The summed E-state index contributed by atoms with van der Waals surface area (Å²) in [6.07, 6.45) is 1.81. The molecule has 0 aliphatic rings. The standard InChI is InChI=1S/C14H20N2O5/c1-9(2)16(13(20)21-14(3,4)5)15-7-6-11(17)10(8-15)12(18)19/h6-9H,1-5H3,(H,18,19). The zero-order valence-corrected chi connectivity index (χ0v) is 12.8. The maximum atomic E-state index is 12.2. The van der Waals surface area contributed by atoms with Crippen molar-refractivity contribution in [1.82, 2.24) is 4.68 Å². The van der Waals surface area contributed by atoms with Gasteiger partial charge in [-0.3, -0.25) is 9.47 Å². The van der Waals surface area contributed by atoms with Crippen molar-refractivity contribution in [2.24, 2.45) is 0 Å². The van der Waals surface area contributed by atoms with E-state index in [2.05, 4.69) is 0 Å². The van der Waals surface area contributed by atoms with Crippen LogP contribution in [0.1, 0.15) is 45.0 Å². The van der Waals surface area contributed by atoms with Gasteiger partial charge in [-0.2, -0.15) is 0 Å². The largest absolute Gasteiger partial charge is 0.477 e. The molecule has 0 saturated heterocycles. The van der Waals surface area contributed by atoms with E-state index >= 15 is 0 Å². The molecule has 1 heterocycles. The lowest BCUT2D eigenvalue weighted by Crippen LogP contribution is -2.48. The lowest BCUT2D eigenvalue weighted by atomic mass is 10.2. The molecule has 0 aliphatic carbocycles. The molecule has 0 fully saturated rings. The number of carboxylic acid groups (broad SMARTS) is 1. The van der Waals surface area contributed by atoms with Crippen molar-refractivity contribution in [3.05, 3.63) is 34.2 Å². The van der Waals surface area contributed by atoms with E-state index < -0.39 is 28.7 Å². The van der Waals surface area contributed by atoms with Gasteiger partial charge in [0, 0.05) is 18.5 Å². The van der Waals surface area contributed by atoms with Gasteiger partial charge in [0.05, 0.1) is 6.04 Å². The van der Waals surface area contributed by atoms with Crippen molar-refractivity contribution in [2.75, 3.05) is 5.01 Å². The van der Waals surface area contributed by atoms with Crippen molar-refractivity contribution in [3.63, 3.8) is 0 Å². The maximum absolute atomic E-state index is 12.2. The van der Waals surface area contributed by atoms with Gasteiger partial charge in [-0.1, -0.05) is 0 Å². The van der Waals surface area contributed by atoms with Crippen LogP contribution in [0.3, 0.4) is 0 Å². The molecular weight excluding hydrogens is 276 g/mol. The summed E-state index contributed by atoms with van der Waals surface area (Å²) in [4.78, 5) is 34.7. The molecule has 0 unspecified atom stereocenters. The third-order valence-electron chi connectivity index (χ3n) is 2.45. The van der Waals surface area contributed by atoms with Crippen LogP contribution in [0, 0.1) is 0 Å². The van der Waals surface area contributed by atoms with Gasteiger partial charge in [0.2, 0.25) is 0 Å². The minimum atomic E-state index is -1.35.